The van der Waals surface area contributed by atoms with E-state index in [0.29, 0.717) is 18.8 Å². The van der Waals surface area contributed by atoms with Crippen LogP contribution in [0.4, 0.5) is 35.1 Å². The summed E-state index contributed by atoms with van der Waals surface area (Å²) < 4.78 is 58.1. The van der Waals surface area contributed by atoms with Gasteiger partial charge in [-0.3, -0.25) is 0 Å². The minimum Gasteiger partial charge on any atom is -0.376 e. The summed E-state index contributed by atoms with van der Waals surface area (Å²) in [7, 11) is 0. The lowest BCUT2D eigenvalue weighted by molar-refractivity contribution is -0.141. The molecule has 0 spiro atoms. The van der Waals surface area contributed by atoms with Gasteiger partial charge in [-0.05, 0) is 31.0 Å². The maximum Gasteiger partial charge on any atom is 0.433 e. The molecule has 3 aromatic rings. The lowest BCUT2D eigenvalue weighted by atomic mass is 10.2. The number of rotatable bonds is 6. The number of pyridine rings is 2. The fourth-order valence-electron chi connectivity index (χ4n) is 2.96. The van der Waals surface area contributed by atoms with Gasteiger partial charge in [-0.2, -0.15) is 32.5 Å². The van der Waals surface area contributed by atoms with E-state index in [4.69, 9.17) is 4.74 Å². The van der Waals surface area contributed by atoms with Gasteiger partial charge in [0, 0.05) is 31.1 Å². The molecule has 3 aromatic heterocycles. The molecule has 31 heavy (non-hydrogen) atoms. The fraction of sp³-hybridized carbons (Fsp3) is 0.316. The summed E-state index contributed by atoms with van der Waals surface area (Å²) in [5, 5.41) is 5.82. The molecule has 162 valence electrons. The first-order valence-electron chi connectivity index (χ1n) is 9.41. The van der Waals surface area contributed by atoms with Crippen molar-refractivity contribution in [2.45, 2.75) is 25.1 Å². The number of aromatic nitrogens is 5. The van der Waals surface area contributed by atoms with Gasteiger partial charge in [-0.15, -0.1) is 0 Å². The minimum absolute atomic E-state index is 0.00431. The Morgan fingerprint density at radius 1 is 1.06 bits per heavy atom. The number of anilines is 3. The van der Waals surface area contributed by atoms with Gasteiger partial charge < -0.3 is 15.4 Å². The Bertz CT molecular complexity index is 1060. The van der Waals surface area contributed by atoms with Gasteiger partial charge in [0.15, 0.2) is 5.82 Å². The number of alkyl halides is 3. The van der Waals surface area contributed by atoms with Crippen LogP contribution in [0.1, 0.15) is 18.5 Å². The Balaban J connectivity index is 1.66. The Hall–Kier alpha value is -3.41. The molecule has 4 rings (SSSR count). The van der Waals surface area contributed by atoms with Crippen LogP contribution in [0.3, 0.4) is 0 Å². The van der Waals surface area contributed by atoms with Crippen molar-refractivity contribution < 1.29 is 22.3 Å². The lowest BCUT2D eigenvalue weighted by Crippen LogP contribution is -2.20. The summed E-state index contributed by atoms with van der Waals surface area (Å²) >= 11 is 0. The van der Waals surface area contributed by atoms with Crippen molar-refractivity contribution in [1.29, 1.82) is 0 Å². The highest BCUT2D eigenvalue weighted by Crippen LogP contribution is 2.29. The topological polar surface area (TPSA) is 97.7 Å². The zero-order chi connectivity index (χ0) is 21.8. The molecule has 2 N–H and O–H groups in total. The van der Waals surface area contributed by atoms with Crippen LogP contribution in [0, 0.1) is 5.95 Å². The first-order chi connectivity index (χ1) is 14.9. The van der Waals surface area contributed by atoms with Crippen molar-refractivity contribution in [3.05, 3.63) is 48.2 Å². The van der Waals surface area contributed by atoms with Crippen molar-refractivity contribution in [3.8, 4) is 11.5 Å². The molecule has 0 saturated carbocycles. The highest BCUT2D eigenvalue weighted by Gasteiger charge is 2.32. The van der Waals surface area contributed by atoms with E-state index in [2.05, 4.69) is 35.6 Å². The Kier molecular flexibility index (Phi) is 5.89. The fourth-order valence-corrected chi connectivity index (χ4v) is 2.96. The third kappa shape index (κ3) is 5.40. The van der Waals surface area contributed by atoms with E-state index in [9.17, 15) is 17.6 Å². The van der Waals surface area contributed by atoms with Gasteiger partial charge in [-0.25, -0.2) is 9.97 Å². The highest BCUT2D eigenvalue weighted by atomic mass is 19.4. The predicted molar refractivity (Wildman–Crippen MR) is 103 cm³/mol. The van der Waals surface area contributed by atoms with Crippen molar-refractivity contribution in [2.75, 3.05) is 23.8 Å². The number of halogens is 4. The van der Waals surface area contributed by atoms with Gasteiger partial charge in [0.05, 0.1) is 6.10 Å². The summed E-state index contributed by atoms with van der Waals surface area (Å²) in [5.41, 5.74) is -0.835. The predicted octanol–water partition coefficient (Wildman–Crippen LogP) is 3.82. The zero-order valence-corrected chi connectivity index (χ0v) is 16.0. The van der Waals surface area contributed by atoms with E-state index in [1.54, 1.807) is 0 Å². The molecule has 1 unspecified atom stereocenters. The van der Waals surface area contributed by atoms with Gasteiger partial charge in [-0.1, -0.05) is 6.07 Å². The average Bonchev–Trinajstić information content (AvgIpc) is 3.25. The van der Waals surface area contributed by atoms with Crippen molar-refractivity contribution in [2.24, 2.45) is 0 Å². The van der Waals surface area contributed by atoms with Crippen molar-refractivity contribution >= 4 is 17.6 Å². The van der Waals surface area contributed by atoms with E-state index in [1.807, 2.05) is 0 Å². The molecule has 0 aliphatic carbocycles. The molecular weight excluding hydrogens is 418 g/mol. The van der Waals surface area contributed by atoms with E-state index >= 15 is 0 Å². The normalized spacial score (nSPS) is 16.3. The zero-order valence-electron chi connectivity index (χ0n) is 16.0. The third-order valence-corrected chi connectivity index (χ3v) is 4.40. The second-order valence-electron chi connectivity index (χ2n) is 6.72. The molecule has 1 atom stereocenters. The molecule has 0 aromatic carbocycles. The van der Waals surface area contributed by atoms with Crippen LogP contribution in [0.15, 0.2) is 36.5 Å². The Labute approximate surface area is 174 Å². The van der Waals surface area contributed by atoms with Gasteiger partial charge in [0.2, 0.25) is 17.8 Å². The Morgan fingerprint density at radius 3 is 2.65 bits per heavy atom. The second kappa shape index (κ2) is 8.76. The van der Waals surface area contributed by atoms with E-state index in [-0.39, 0.29) is 29.5 Å². The minimum atomic E-state index is -4.61. The number of nitrogens with zero attached hydrogens (tertiary/aromatic N) is 5. The monoisotopic (exact) mass is 435 g/mol. The number of ether oxygens (including phenoxy) is 1. The summed E-state index contributed by atoms with van der Waals surface area (Å²) in [6.07, 6.45) is -1.55. The number of nitrogens with one attached hydrogen (secondary N) is 2. The van der Waals surface area contributed by atoms with E-state index < -0.39 is 17.8 Å². The lowest BCUT2D eigenvalue weighted by Gasteiger charge is -2.13. The SMILES string of the molecule is Fc1cc(Nc2nc(NCC3CCCO3)nc(-c3cccc(C(F)(F)F)n3)n2)ccn1. The van der Waals surface area contributed by atoms with Crippen LogP contribution in [0.5, 0.6) is 0 Å². The van der Waals surface area contributed by atoms with E-state index in [0.717, 1.165) is 25.0 Å². The standard InChI is InChI=1S/C19H17F4N7O/c20-15-9-11(6-7-24-15)26-18-29-16(13-4-1-5-14(27-13)19(21,22)23)28-17(30-18)25-10-12-3-2-8-31-12/h1,4-7,9,12H,2-3,8,10H2,(H2,24,25,26,28,29,30). The van der Waals surface area contributed by atoms with Gasteiger partial charge in [0.1, 0.15) is 11.4 Å². The summed E-state index contributed by atoms with van der Waals surface area (Å²) in [4.78, 5) is 19.7. The van der Waals surface area contributed by atoms with Crippen LogP contribution >= 0.6 is 0 Å². The number of hydrogen-bond acceptors (Lipinski definition) is 8. The van der Waals surface area contributed by atoms with Crippen molar-refractivity contribution in [1.82, 2.24) is 24.9 Å². The maximum absolute atomic E-state index is 13.4. The Morgan fingerprint density at radius 2 is 1.90 bits per heavy atom. The molecule has 1 aliphatic rings. The van der Waals surface area contributed by atoms with Crippen LogP contribution in [0.25, 0.3) is 11.5 Å². The molecule has 0 amide bonds. The maximum atomic E-state index is 13.4. The van der Waals surface area contributed by atoms with Gasteiger partial charge >= 0.3 is 6.18 Å². The summed E-state index contributed by atoms with van der Waals surface area (Å²) in [5.74, 6) is -0.662. The molecule has 1 aliphatic heterocycles. The molecule has 1 saturated heterocycles. The molecule has 0 bridgehead atoms. The molecule has 1 fully saturated rings. The van der Waals surface area contributed by atoms with Crippen molar-refractivity contribution in [3.63, 3.8) is 0 Å². The molecule has 4 heterocycles. The van der Waals surface area contributed by atoms with Crippen LogP contribution < -0.4 is 10.6 Å². The average molecular weight is 435 g/mol. The van der Waals surface area contributed by atoms with Crippen LogP contribution in [-0.4, -0.2) is 44.2 Å². The highest BCUT2D eigenvalue weighted by molar-refractivity contribution is 5.58. The molecule has 0 radical (unpaired) electrons. The smallest absolute Gasteiger partial charge is 0.376 e. The van der Waals surface area contributed by atoms with Crippen LogP contribution in [0.2, 0.25) is 0 Å². The second-order valence-corrected chi connectivity index (χ2v) is 6.72. The summed E-state index contributed by atoms with van der Waals surface area (Å²) in [6, 6.07) is 6.07. The quantitative estimate of drug-likeness (QED) is 0.446. The van der Waals surface area contributed by atoms with Gasteiger partial charge in [0.25, 0.3) is 0 Å². The molecule has 8 nitrogen and oxygen atoms in total. The summed E-state index contributed by atoms with van der Waals surface area (Å²) in [6.45, 7) is 1.09. The van der Waals surface area contributed by atoms with E-state index in [1.165, 1.54) is 24.4 Å². The molecule has 12 heteroatoms. The first-order valence-corrected chi connectivity index (χ1v) is 9.41. The van der Waals surface area contributed by atoms with Crippen LogP contribution in [-0.2, 0) is 10.9 Å². The molecular formula is C19H17F4N7O. The third-order valence-electron chi connectivity index (χ3n) is 4.40. The largest absolute Gasteiger partial charge is 0.433 e. The number of hydrogen-bond donors (Lipinski definition) is 2. The first kappa shape index (κ1) is 20.8.